The summed E-state index contributed by atoms with van der Waals surface area (Å²) in [5.41, 5.74) is 0. The van der Waals surface area contributed by atoms with Crippen LogP contribution < -0.4 is 17.0 Å². The minimum absolute atomic E-state index is 0. The van der Waals surface area contributed by atoms with Crippen molar-refractivity contribution in [2.24, 2.45) is 4.99 Å². The molecule has 1 fully saturated rings. The predicted molar refractivity (Wildman–Crippen MR) is 63.9 cm³/mol. The van der Waals surface area contributed by atoms with Crippen LogP contribution in [0.3, 0.4) is 0 Å². The Bertz CT molecular complexity index is 256. The lowest BCUT2D eigenvalue weighted by molar-refractivity contribution is -0.0695. The summed E-state index contributed by atoms with van der Waals surface area (Å²) in [4.78, 5) is 13.2. The van der Waals surface area contributed by atoms with Gasteiger partial charge in [-0.1, -0.05) is 0 Å². The van der Waals surface area contributed by atoms with Gasteiger partial charge >= 0.3 is 0 Å². The maximum atomic E-state index is 4.32. The van der Waals surface area contributed by atoms with Gasteiger partial charge in [0, 0.05) is 21.1 Å². The molecule has 0 saturated carbocycles. The molecule has 1 aliphatic heterocycles. The summed E-state index contributed by atoms with van der Waals surface area (Å²) in [6.07, 6.45) is 0. The third-order valence-electron chi connectivity index (χ3n) is 3.26. The summed E-state index contributed by atoms with van der Waals surface area (Å²) in [5, 5.41) is 0. The van der Waals surface area contributed by atoms with E-state index in [1.54, 1.807) is 0 Å². The molecule has 0 aliphatic carbocycles. The molecule has 0 atom stereocenters. The number of hydrogen-bond acceptors (Lipinski definition) is 3. The van der Waals surface area contributed by atoms with Crippen molar-refractivity contribution in [3.05, 3.63) is 0 Å². The van der Waals surface area contributed by atoms with Gasteiger partial charge in [0.2, 0.25) is 0 Å². The van der Waals surface area contributed by atoms with E-state index in [-0.39, 0.29) is 22.8 Å². The van der Waals surface area contributed by atoms with Gasteiger partial charge in [-0.3, -0.25) is 14.8 Å². The largest absolute Gasteiger partial charge is 1.00 e. The molecule has 0 amide bonds. The fourth-order valence-corrected chi connectivity index (χ4v) is 2.51. The van der Waals surface area contributed by atoms with Crippen molar-refractivity contribution < 1.29 is 17.0 Å². The van der Waals surface area contributed by atoms with Gasteiger partial charge in [-0.15, -0.1) is 0 Å². The molecule has 0 aromatic carbocycles. The van der Waals surface area contributed by atoms with Crippen LogP contribution in [0.5, 0.6) is 0 Å². The first-order valence-corrected chi connectivity index (χ1v) is 5.14. The number of aliphatic imine (C=N–C) groups is 1. The van der Waals surface area contributed by atoms with E-state index in [1.165, 1.54) is 0 Å². The van der Waals surface area contributed by atoms with Crippen LogP contribution in [0.15, 0.2) is 4.99 Å². The lowest BCUT2D eigenvalue weighted by atomic mass is 10.2. The Morgan fingerprint density at radius 1 is 1.12 bits per heavy atom. The Hall–Kier alpha value is -0.330. The highest BCUT2D eigenvalue weighted by atomic mass is 79.9. The third-order valence-corrected chi connectivity index (χ3v) is 3.26. The molecule has 0 spiro atoms. The van der Waals surface area contributed by atoms with Crippen LogP contribution in [0.2, 0.25) is 0 Å². The molecule has 5 nitrogen and oxygen atoms in total. The summed E-state index contributed by atoms with van der Waals surface area (Å²) in [7, 11) is 14.4. The van der Waals surface area contributed by atoms with Crippen LogP contribution in [-0.4, -0.2) is 87.2 Å². The van der Waals surface area contributed by atoms with E-state index in [4.69, 9.17) is 0 Å². The van der Waals surface area contributed by atoms with E-state index < -0.39 is 0 Å². The van der Waals surface area contributed by atoms with Gasteiger partial charge in [-0.2, -0.15) is 0 Å². The molecule has 1 heterocycles. The Morgan fingerprint density at radius 2 is 1.56 bits per heavy atom. The number of halogens is 1. The van der Waals surface area contributed by atoms with Crippen molar-refractivity contribution >= 4 is 5.96 Å². The molecule has 0 N–H and O–H groups in total. The molecule has 1 rings (SSSR count). The molecule has 1 aliphatic rings. The van der Waals surface area contributed by atoms with Crippen LogP contribution in [0.1, 0.15) is 0 Å². The van der Waals surface area contributed by atoms with E-state index in [0.29, 0.717) is 0 Å². The number of rotatable bonds is 2. The van der Waals surface area contributed by atoms with Crippen molar-refractivity contribution in [1.29, 1.82) is 0 Å². The zero-order valence-corrected chi connectivity index (χ0v) is 12.9. The molecule has 1 saturated heterocycles. The highest BCUT2D eigenvalue weighted by Crippen LogP contribution is 2.27. The lowest BCUT2D eigenvalue weighted by Crippen LogP contribution is -3.00. The van der Waals surface area contributed by atoms with Gasteiger partial charge < -0.3 is 26.8 Å². The molecule has 0 radical (unpaired) electrons. The number of nitrogens with zero attached hydrogens (tertiary/aromatic N) is 5. The number of hydrogen-bond donors (Lipinski definition) is 0. The van der Waals surface area contributed by atoms with E-state index in [0.717, 1.165) is 12.5 Å². The van der Waals surface area contributed by atoms with E-state index in [9.17, 15) is 0 Å². The highest BCUT2D eigenvalue weighted by molar-refractivity contribution is 5.82. The first-order chi connectivity index (χ1) is 6.87. The Balaban J connectivity index is 0.00000225. The van der Waals surface area contributed by atoms with E-state index in [2.05, 4.69) is 66.9 Å². The van der Waals surface area contributed by atoms with Crippen molar-refractivity contribution in [3.8, 4) is 0 Å². The maximum Gasteiger partial charge on any atom is 0.198 e. The van der Waals surface area contributed by atoms with Gasteiger partial charge in [0.05, 0.1) is 6.54 Å². The lowest BCUT2D eigenvalue weighted by Gasteiger charge is -2.45. The molecule has 0 aromatic rings. The smallest absolute Gasteiger partial charge is 0.198 e. The van der Waals surface area contributed by atoms with Gasteiger partial charge in [0.25, 0.3) is 0 Å². The minimum atomic E-state index is -0.108. The van der Waals surface area contributed by atoms with Gasteiger partial charge in [0.1, 0.15) is 0 Å². The van der Waals surface area contributed by atoms with E-state index >= 15 is 0 Å². The molecular weight excluding hydrogens is 270 g/mol. The first kappa shape index (κ1) is 15.7. The second kappa shape index (κ2) is 5.33. The second-order valence-electron chi connectivity index (χ2n) is 4.50. The van der Waals surface area contributed by atoms with Gasteiger partial charge in [-0.25, -0.2) is 0 Å². The second-order valence-corrected chi connectivity index (χ2v) is 4.50. The molecule has 0 unspecified atom stereocenters. The molecule has 96 valence electrons. The fraction of sp³-hybridized carbons (Fsp3) is 0.900. The number of likely N-dealkylation sites (N-methyl/N-ethyl adjacent to an activating group) is 4. The summed E-state index contributed by atoms with van der Waals surface area (Å²) >= 11 is 0. The summed E-state index contributed by atoms with van der Waals surface area (Å²) < 4.78 is 0. The Labute approximate surface area is 109 Å². The predicted octanol–water partition coefficient (Wildman–Crippen LogP) is -3.37. The van der Waals surface area contributed by atoms with Crippen molar-refractivity contribution in [1.82, 2.24) is 19.6 Å². The normalized spacial score (nSPS) is 22.2. The summed E-state index contributed by atoms with van der Waals surface area (Å²) in [6.45, 7) is 0.927. The van der Waals surface area contributed by atoms with Crippen LogP contribution in [-0.2, 0) is 0 Å². The standard InChI is InChI=1S/C10H23N5.BrH/c1-11-9-14(6)8-10(12(2)3,13(4)5)15(9)7;/h8H2,1-7H3;1H/p-1. The van der Waals surface area contributed by atoms with Crippen LogP contribution >= 0.6 is 0 Å². The minimum Gasteiger partial charge on any atom is -1.00 e. The van der Waals surface area contributed by atoms with Crippen LogP contribution in [0.25, 0.3) is 0 Å². The van der Waals surface area contributed by atoms with Crippen molar-refractivity contribution in [2.45, 2.75) is 5.79 Å². The molecular formula is C10H23BrN5-. The van der Waals surface area contributed by atoms with Crippen molar-refractivity contribution in [2.75, 3.05) is 55.9 Å². The zero-order valence-electron chi connectivity index (χ0n) is 11.3. The van der Waals surface area contributed by atoms with Crippen molar-refractivity contribution in [3.63, 3.8) is 0 Å². The highest BCUT2D eigenvalue weighted by Gasteiger charge is 2.48. The quantitative estimate of drug-likeness (QED) is 0.497. The molecule has 16 heavy (non-hydrogen) atoms. The molecule has 0 aromatic heterocycles. The number of guanidine groups is 1. The fourth-order valence-electron chi connectivity index (χ4n) is 2.51. The summed E-state index contributed by atoms with van der Waals surface area (Å²) in [5.74, 6) is 0.918. The Kier molecular flexibility index (Phi) is 5.22. The monoisotopic (exact) mass is 292 g/mol. The molecule has 6 heteroatoms. The first-order valence-electron chi connectivity index (χ1n) is 5.14. The summed E-state index contributed by atoms with van der Waals surface area (Å²) in [6, 6.07) is 0. The SMILES string of the molecule is CN=C1N(C)CC(N(C)C)(N(C)C)N1C.[Br-]. The third kappa shape index (κ3) is 2.06. The molecule has 0 bridgehead atoms. The maximum absolute atomic E-state index is 4.32. The van der Waals surface area contributed by atoms with Crippen LogP contribution in [0, 0.1) is 0 Å². The average molecular weight is 293 g/mol. The van der Waals surface area contributed by atoms with Crippen LogP contribution in [0.4, 0.5) is 0 Å². The topological polar surface area (TPSA) is 25.3 Å². The Morgan fingerprint density at radius 3 is 1.75 bits per heavy atom. The van der Waals surface area contributed by atoms with Gasteiger partial charge in [-0.05, 0) is 28.2 Å². The average Bonchev–Trinajstić information content (AvgIpc) is 2.38. The van der Waals surface area contributed by atoms with E-state index in [1.807, 2.05) is 7.05 Å². The van der Waals surface area contributed by atoms with Gasteiger partial charge in [0.15, 0.2) is 11.7 Å². The zero-order chi connectivity index (χ0) is 11.8.